The summed E-state index contributed by atoms with van der Waals surface area (Å²) in [5.74, 6) is 0.114. The van der Waals surface area contributed by atoms with Crippen LogP contribution in [0, 0.1) is 0 Å². The van der Waals surface area contributed by atoms with Crippen molar-refractivity contribution in [1.82, 2.24) is 14.5 Å². The van der Waals surface area contributed by atoms with Crippen molar-refractivity contribution in [2.24, 2.45) is 0 Å². The predicted molar refractivity (Wildman–Crippen MR) is 142 cm³/mol. The second-order valence-electron chi connectivity index (χ2n) is 8.68. The maximum absolute atomic E-state index is 13.4. The SMILES string of the molecule is CCOc1ccc(C(O)=C2C(=O)C(=O)N(CCCn3ccnc3)[C@@H]2c2ccc(OCC)c(OCC)c2)cc1. The molecule has 0 unspecified atom stereocenters. The zero-order chi connectivity index (χ0) is 27.1. The minimum Gasteiger partial charge on any atom is -0.507 e. The van der Waals surface area contributed by atoms with Gasteiger partial charge in [-0.3, -0.25) is 9.59 Å². The minimum atomic E-state index is -0.792. The number of Topliss-reactive ketones (excluding diaryl/α,β-unsaturated/α-hetero) is 1. The van der Waals surface area contributed by atoms with Crippen molar-refractivity contribution in [2.45, 2.75) is 39.8 Å². The predicted octanol–water partition coefficient (Wildman–Crippen LogP) is 4.59. The van der Waals surface area contributed by atoms with E-state index in [0.717, 1.165) is 0 Å². The fourth-order valence-electron chi connectivity index (χ4n) is 4.57. The van der Waals surface area contributed by atoms with Gasteiger partial charge in [0.2, 0.25) is 0 Å². The Balaban J connectivity index is 1.76. The third-order valence-corrected chi connectivity index (χ3v) is 6.24. The van der Waals surface area contributed by atoms with Crippen molar-refractivity contribution >= 4 is 17.4 Å². The van der Waals surface area contributed by atoms with Gasteiger partial charge >= 0.3 is 0 Å². The number of carbonyl (C=O) groups is 2. The average molecular weight is 520 g/mol. The summed E-state index contributed by atoms with van der Waals surface area (Å²) in [6.45, 7) is 7.97. The summed E-state index contributed by atoms with van der Waals surface area (Å²) in [5, 5.41) is 11.3. The van der Waals surface area contributed by atoms with Crippen LogP contribution < -0.4 is 14.2 Å². The van der Waals surface area contributed by atoms with Crippen LogP contribution in [0.4, 0.5) is 0 Å². The summed E-state index contributed by atoms with van der Waals surface area (Å²) in [6, 6.07) is 11.3. The second-order valence-corrected chi connectivity index (χ2v) is 8.68. The number of aliphatic hydroxyl groups excluding tert-OH is 1. The third-order valence-electron chi connectivity index (χ3n) is 6.24. The number of benzene rings is 2. The summed E-state index contributed by atoms with van der Waals surface area (Å²) in [7, 11) is 0. The smallest absolute Gasteiger partial charge is 0.295 e. The van der Waals surface area contributed by atoms with Crippen molar-refractivity contribution in [1.29, 1.82) is 0 Å². The van der Waals surface area contributed by atoms with E-state index in [1.54, 1.807) is 55.0 Å². The number of hydrogen-bond acceptors (Lipinski definition) is 7. The van der Waals surface area contributed by atoms with E-state index in [0.29, 0.717) is 67.7 Å². The van der Waals surface area contributed by atoms with Crippen molar-refractivity contribution in [3.63, 3.8) is 0 Å². The molecule has 1 N–H and O–H groups in total. The molecule has 2 heterocycles. The van der Waals surface area contributed by atoms with E-state index in [-0.39, 0.29) is 11.3 Å². The molecule has 3 aromatic rings. The number of aliphatic hydroxyl groups is 1. The number of aryl methyl sites for hydroxylation is 1. The third kappa shape index (κ3) is 5.66. The first kappa shape index (κ1) is 26.8. The largest absolute Gasteiger partial charge is 0.507 e. The van der Waals surface area contributed by atoms with Gasteiger partial charge in [-0.05, 0) is 69.2 Å². The topological polar surface area (TPSA) is 103 Å². The summed E-state index contributed by atoms with van der Waals surface area (Å²) in [4.78, 5) is 32.2. The van der Waals surface area contributed by atoms with E-state index in [1.165, 1.54) is 4.90 Å². The van der Waals surface area contributed by atoms with Crippen molar-refractivity contribution in [3.05, 3.63) is 77.9 Å². The van der Waals surface area contributed by atoms with Crippen molar-refractivity contribution in [3.8, 4) is 17.2 Å². The summed E-state index contributed by atoms with van der Waals surface area (Å²) < 4.78 is 18.9. The highest BCUT2D eigenvalue weighted by molar-refractivity contribution is 6.46. The maximum atomic E-state index is 13.4. The van der Waals surface area contributed by atoms with Crippen molar-refractivity contribution in [2.75, 3.05) is 26.4 Å². The molecule has 1 aliphatic rings. The molecule has 1 fully saturated rings. The lowest BCUT2D eigenvalue weighted by molar-refractivity contribution is -0.139. The first-order valence-electron chi connectivity index (χ1n) is 12.8. The molecule has 0 radical (unpaired) electrons. The molecule has 4 rings (SSSR count). The van der Waals surface area contributed by atoms with E-state index < -0.39 is 17.7 Å². The molecule has 0 aliphatic carbocycles. The lowest BCUT2D eigenvalue weighted by atomic mass is 9.95. The molecule has 9 nitrogen and oxygen atoms in total. The second kappa shape index (κ2) is 12.3. The van der Waals surface area contributed by atoms with Gasteiger partial charge in [0, 0.05) is 31.0 Å². The molecule has 0 bridgehead atoms. The lowest BCUT2D eigenvalue weighted by Gasteiger charge is -2.26. The van der Waals surface area contributed by atoms with Gasteiger partial charge in [-0.1, -0.05) is 6.07 Å². The van der Waals surface area contributed by atoms with Gasteiger partial charge in [-0.2, -0.15) is 0 Å². The highest BCUT2D eigenvalue weighted by Crippen LogP contribution is 2.42. The summed E-state index contributed by atoms with van der Waals surface area (Å²) in [6.07, 6.45) is 5.84. The number of nitrogens with zero attached hydrogens (tertiary/aromatic N) is 3. The molecule has 1 atom stereocenters. The highest BCUT2D eigenvalue weighted by atomic mass is 16.5. The Labute approximate surface area is 222 Å². The Morgan fingerprint density at radius 2 is 1.63 bits per heavy atom. The molecule has 2 aromatic carbocycles. The first-order chi connectivity index (χ1) is 18.5. The van der Waals surface area contributed by atoms with E-state index >= 15 is 0 Å². The van der Waals surface area contributed by atoms with Gasteiger partial charge in [0.1, 0.15) is 11.5 Å². The Morgan fingerprint density at radius 1 is 0.921 bits per heavy atom. The van der Waals surface area contributed by atoms with Gasteiger partial charge in [0.15, 0.2) is 11.5 Å². The van der Waals surface area contributed by atoms with Crippen LogP contribution >= 0.6 is 0 Å². The normalized spacial score (nSPS) is 16.6. The molecular weight excluding hydrogens is 486 g/mol. The molecule has 9 heteroatoms. The van der Waals surface area contributed by atoms with Gasteiger partial charge in [-0.15, -0.1) is 0 Å². The van der Waals surface area contributed by atoms with E-state index in [4.69, 9.17) is 14.2 Å². The molecule has 0 spiro atoms. The number of imidazole rings is 1. The quantitative estimate of drug-likeness (QED) is 0.212. The molecule has 1 saturated heterocycles. The number of rotatable bonds is 12. The van der Waals surface area contributed by atoms with E-state index in [9.17, 15) is 14.7 Å². The number of ketones is 1. The van der Waals surface area contributed by atoms with Gasteiger partial charge in [0.25, 0.3) is 11.7 Å². The van der Waals surface area contributed by atoms with Gasteiger partial charge in [0.05, 0.1) is 37.8 Å². The average Bonchev–Trinajstić information content (AvgIpc) is 3.52. The molecular formula is C29H33N3O6. The number of likely N-dealkylation sites (tertiary alicyclic amines) is 1. The molecule has 1 amide bonds. The fraction of sp³-hybridized carbons (Fsp3) is 0.345. The Morgan fingerprint density at radius 3 is 2.29 bits per heavy atom. The standard InChI is InChI=1S/C29H33N3O6/c1-4-36-22-11-8-20(9-12-22)27(33)25-26(21-10-13-23(37-5-2)24(18-21)38-6-3)32(29(35)28(25)34)16-7-15-31-17-14-30-19-31/h8-14,17-19,26,33H,4-7,15-16H2,1-3H3/t26-/m1/s1. The Hall–Kier alpha value is -4.27. The Bertz CT molecular complexity index is 1280. The number of aromatic nitrogens is 2. The molecule has 1 aliphatic heterocycles. The molecule has 38 heavy (non-hydrogen) atoms. The number of carbonyl (C=O) groups excluding carboxylic acids is 2. The van der Waals surface area contributed by atoms with Crippen LogP contribution in [0.3, 0.4) is 0 Å². The van der Waals surface area contributed by atoms with Crippen molar-refractivity contribution < 1.29 is 28.9 Å². The number of ether oxygens (including phenoxy) is 3. The minimum absolute atomic E-state index is 0.0356. The summed E-state index contributed by atoms with van der Waals surface area (Å²) in [5.41, 5.74) is 1.10. The van der Waals surface area contributed by atoms with E-state index in [2.05, 4.69) is 4.98 Å². The zero-order valence-electron chi connectivity index (χ0n) is 21.9. The molecule has 1 aromatic heterocycles. The number of amides is 1. The summed E-state index contributed by atoms with van der Waals surface area (Å²) >= 11 is 0. The monoisotopic (exact) mass is 519 g/mol. The fourth-order valence-corrected chi connectivity index (χ4v) is 4.57. The van der Waals surface area contributed by atoms with Crippen LogP contribution in [0.2, 0.25) is 0 Å². The van der Waals surface area contributed by atoms with Gasteiger partial charge in [-0.25, -0.2) is 4.98 Å². The van der Waals surface area contributed by atoms with Crippen LogP contribution in [0.1, 0.15) is 44.4 Å². The Kier molecular flexibility index (Phi) is 8.68. The zero-order valence-corrected chi connectivity index (χ0v) is 21.9. The number of hydrogen-bond donors (Lipinski definition) is 1. The molecule has 0 saturated carbocycles. The molecule has 200 valence electrons. The van der Waals surface area contributed by atoms with Gasteiger partial charge < -0.3 is 28.8 Å². The highest BCUT2D eigenvalue weighted by Gasteiger charge is 2.46. The van der Waals surface area contributed by atoms with Crippen LogP contribution in [-0.2, 0) is 16.1 Å². The van der Waals surface area contributed by atoms with Crippen LogP contribution in [0.25, 0.3) is 5.76 Å². The van der Waals surface area contributed by atoms with Crippen LogP contribution in [0.5, 0.6) is 17.2 Å². The van der Waals surface area contributed by atoms with Crippen LogP contribution in [-0.4, -0.2) is 57.6 Å². The van der Waals surface area contributed by atoms with Crippen LogP contribution in [0.15, 0.2) is 66.8 Å². The van der Waals surface area contributed by atoms with E-state index in [1.807, 2.05) is 31.5 Å². The lowest BCUT2D eigenvalue weighted by Crippen LogP contribution is -2.31. The first-order valence-corrected chi connectivity index (χ1v) is 12.8. The maximum Gasteiger partial charge on any atom is 0.295 e.